The van der Waals surface area contributed by atoms with E-state index in [4.69, 9.17) is 16.7 Å². The zero-order chi connectivity index (χ0) is 11.5. The number of nitrogens with zero attached hydrogens (tertiary/aromatic N) is 1. The van der Waals surface area contributed by atoms with E-state index in [2.05, 4.69) is 4.98 Å². The van der Waals surface area contributed by atoms with Crippen LogP contribution in [0.5, 0.6) is 0 Å². The van der Waals surface area contributed by atoms with Crippen molar-refractivity contribution in [1.82, 2.24) is 4.98 Å². The molecule has 1 N–H and O–H groups in total. The number of hydrogen-bond donors (Lipinski definition) is 1. The molecule has 0 amide bonds. The van der Waals surface area contributed by atoms with Gasteiger partial charge in [0.1, 0.15) is 0 Å². The molecule has 4 heteroatoms. The van der Waals surface area contributed by atoms with Crippen molar-refractivity contribution < 1.29 is 9.90 Å². The van der Waals surface area contributed by atoms with Gasteiger partial charge in [0.25, 0.3) is 0 Å². The lowest BCUT2D eigenvalue weighted by Gasteiger charge is -2.06. The molecular weight excluding hydrogens is 226 g/mol. The minimum atomic E-state index is -0.830. The zero-order valence-corrected chi connectivity index (χ0v) is 9.24. The van der Waals surface area contributed by atoms with Crippen molar-refractivity contribution in [2.24, 2.45) is 0 Å². The van der Waals surface area contributed by atoms with E-state index in [1.165, 1.54) is 0 Å². The summed E-state index contributed by atoms with van der Waals surface area (Å²) < 4.78 is 0. The van der Waals surface area contributed by atoms with Crippen molar-refractivity contribution in [2.45, 2.75) is 12.8 Å². The summed E-state index contributed by atoms with van der Waals surface area (Å²) in [6, 6.07) is 7.44. The fourth-order valence-corrected chi connectivity index (χ4v) is 1.90. The molecule has 3 nitrogen and oxygen atoms in total. The standard InChI is InChI=1S/C12H10ClNO2/c13-10-5-3-8-2-1-7-14-12(8)9(10)4-6-11(15)16/h1-3,5,7H,4,6H2,(H,15,16). The number of rotatable bonds is 3. The molecule has 0 bridgehead atoms. The van der Waals surface area contributed by atoms with Crippen molar-refractivity contribution in [3.8, 4) is 0 Å². The van der Waals surface area contributed by atoms with Crippen LogP contribution in [0.15, 0.2) is 30.5 Å². The van der Waals surface area contributed by atoms with Gasteiger partial charge in [0.2, 0.25) is 0 Å². The number of hydrogen-bond acceptors (Lipinski definition) is 2. The lowest BCUT2D eigenvalue weighted by Crippen LogP contribution is -1.99. The van der Waals surface area contributed by atoms with Gasteiger partial charge in [0, 0.05) is 23.0 Å². The van der Waals surface area contributed by atoms with Crippen LogP contribution in [0.3, 0.4) is 0 Å². The average Bonchev–Trinajstić information content (AvgIpc) is 2.27. The van der Waals surface area contributed by atoms with Crippen LogP contribution in [0.1, 0.15) is 12.0 Å². The molecule has 0 aliphatic rings. The van der Waals surface area contributed by atoms with Gasteiger partial charge < -0.3 is 5.11 Å². The second-order valence-electron chi connectivity index (χ2n) is 3.49. The number of aryl methyl sites for hydroxylation is 1. The minimum Gasteiger partial charge on any atom is -0.481 e. The summed E-state index contributed by atoms with van der Waals surface area (Å²) in [5.74, 6) is -0.830. The first kappa shape index (κ1) is 10.9. The first-order valence-electron chi connectivity index (χ1n) is 4.92. The van der Waals surface area contributed by atoms with E-state index in [-0.39, 0.29) is 6.42 Å². The fourth-order valence-electron chi connectivity index (χ4n) is 1.65. The maximum Gasteiger partial charge on any atom is 0.303 e. The van der Waals surface area contributed by atoms with Crippen LogP contribution in [0.4, 0.5) is 0 Å². The van der Waals surface area contributed by atoms with E-state index in [0.717, 1.165) is 16.5 Å². The Hall–Kier alpha value is -1.61. The van der Waals surface area contributed by atoms with Crippen LogP contribution < -0.4 is 0 Å². The molecule has 0 aliphatic heterocycles. The van der Waals surface area contributed by atoms with E-state index < -0.39 is 5.97 Å². The molecule has 0 atom stereocenters. The van der Waals surface area contributed by atoms with Crippen molar-refractivity contribution in [1.29, 1.82) is 0 Å². The maximum absolute atomic E-state index is 10.6. The second kappa shape index (κ2) is 4.49. The van der Waals surface area contributed by atoms with Crippen molar-refractivity contribution in [2.75, 3.05) is 0 Å². The third-order valence-electron chi connectivity index (χ3n) is 2.41. The number of carboxylic acid groups (broad SMARTS) is 1. The van der Waals surface area contributed by atoms with Crippen LogP contribution in [0.2, 0.25) is 5.02 Å². The molecule has 1 aromatic heterocycles. The van der Waals surface area contributed by atoms with Gasteiger partial charge >= 0.3 is 5.97 Å². The van der Waals surface area contributed by atoms with Gasteiger partial charge in [-0.2, -0.15) is 0 Å². The number of aliphatic carboxylic acids is 1. The predicted molar refractivity (Wildman–Crippen MR) is 62.7 cm³/mol. The Labute approximate surface area is 97.7 Å². The largest absolute Gasteiger partial charge is 0.481 e. The lowest BCUT2D eigenvalue weighted by atomic mass is 10.1. The topological polar surface area (TPSA) is 50.2 Å². The first-order chi connectivity index (χ1) is 7.68. The Kier molecular flexibility index (Phi) is 3.06. The molecule has 0 saturated carbocycles. The van der Waals surface area contributed by atoms with E-state index in [0.29, 0.717) is 11.4 Å². The number of pyridine rings is 1. The molecule has 0 spiro atoms. The third-order valence-corrected chi connectivity index (χ3v) is 2.77. The number of aromatic nitrogens is 1. The lowest BCUT2D eigenvalue weighted by molar-refractivity contribution is -0.136. The van der Waals surface area contributed by atoms with Gasteiger partial charge in [0.05, 0.1) is 5.52 Å². The van der Waals surface area contributed by atoms with Gasteiger partial charge in [0.15, 0.2) is 0 Å². The highest BCUT2D eigenvalue weighted by Crippen LogP contribution is 2.25. The second-order valence-corrected chi connectivity index (χ2v) is 3.90. The highest BCUT2D eigenvalue weighted by Gasteiger charge is 2.08. The number of carbonyl (C=O) groups is 1. The number of fused-ring (bicyclic) bond motifs is 1. The predicted octanol–water partition coefficient (Wildman–Crippen LogP) is 2.91. The van der Waals surface area contributed by atoms with Gasteiger partial charge in [-0.1, -0.05) is 23.7 Å². The summed E-state index contributed by atoms with van der Waals surface area (Å²) in [7, 11) is 0. The summed E-state index contributed by atoms with van der Waals surface area (Å²) in [5.41, 5.74) is 1.60. The molecule has 16 heavy (non-hydrogen) atoms. The van der Waals surface area contributed by atoms with Crippen molar-refractivity contribution in [3.05, 3.63) is 41.0 Å². The van der Waals surface area contributed by atoms with Crippen LogP contribution >= 0.6 is 11.6 Å². The first-order valence-corrected chi connectivity index (χ1v) is 5.30. The quantitative estimate of drug-likeness (QED) is 0.890. The molecule has 82 valence electrons. The number of benzene rings is 1. The summed E-state index contributed by atoms with van der Waals surface area (Å²) in [4.78, 5) is 14.8. The Morgan fingerprint density at radius 1 is 1.38 bits per heavy atom. The summed E-state index contributed by atoms with van der Waals surface area (Å²) >= 11 is 6.05. The minimum absolute atomic E-state index is 0.0649. The van der Waals surface area contributed by atoms with Gasteiger partial charge in [-0.3, -0.25) is 9.78 Å². The zero-order valence-electron chi connectivity index (χ0n) is 8.48. The van der Waals surface area contributed by atoms with E-state index >= 15 is 0 Å². The summed E-state index contributed by atoms with van der Waals surface area (Å²) in [6.45, 7) is 0. The van der Waals surface area contributed by atoms with E-state index in [9.17, 15) is 4.79 Å². The number of halogens is 1. The van der Waals surface area contributed by atoms with Crippen molar-refractivity contribution in [3.63, 3.8) is 0 Å². The van der Waals surface area contributed by atoms with Gasteiger partial charge in [-0.05, 0) is 24.1 Å². The Bertz CT molecular complexity index is 540. The number of carboxylic acids is 1. The monoisotopic (exact) mass is 235 g/mol. The van der Waals surface area contributed by atoms with Crippen molar-refractivity contribution >= 4 is 28.5 Å². The highest BCUT2D eigenvalue weighted by atomic mass is 35.5. The van der Waals surface area contributed by atoms with Gasteiger partial charge in [-0.15, -0.1) is 0 Å². The average molecular weight is 236 g/mol. The van der Waals surface area contributed by atoms with Crippen LogP contribution in [-0.2, 0) is 11.2 Å². The van der Waals surface area contributed by atoms with Gasteiger partial charge in [-0.25, -0.2) is 0 Å². The molecule has 0 radical (unpaired) electrons. The Balaban J connectivity index is 2.48. The van der Waals surface area contributed by atoms with E-state index in [1.807, 2.05) is 18.2 Å². The van der Waals surface area contributed by atoms with Crippen LogP contribution in [0.25, 0.3) is 10.9 Å². The SMILES string of the molecule is O=C(O)CCc1c(Cl)ccc2cccnc12. The maximum atomic E-state index is 10.6. The molecule has 0 saturated heterocycles. The van der Waals surface area contributed by atoms with Crippen LogP contribution in [0, 0.1) is 0 Å². The summed E-state index contributed by atoms with van der Waals surface area (Å²) in [6.07, 6.45) is 2.15. The molecule has 1 aromatic carbocycles. The molecule has 2 rings (SSSR count). The molecule has 2 aromatic rings. The smallest absolute Gasteiger partial charge is 0.303 e. The Morgan fingerprint density at radius 3 is 2.94 bits per heavy atom. The molecular formula is C12H10ClNO2. The molecule has 0 unspecified atom stereocenters. The third kappa shape index (κ3) is 2.14. The van der Waals surface area contributed by atoms with E-state index in [1.54, 1.807) is 12.3 Å². The highest BCUT2D eigenvalue weighted by molar-refractivity contribution is 6.32. The summed E-state index contributed by atoms with van der Waals surface area (Å²) in [5, 5.41) is 10.2. The fraction of sp³-hybridized carbons (Fsp3) is 0.167. The Morgan fingerprint density at radius 2 is 2.19 bits per heavy atom. The van der Waals surface area contributed by atoms with Crippen LogP contribution in [-0.4, -0.2) is 16.1 Å². The molecule has 0 aliphatic carbocycles. The molecule has 0 fully saturated rings. The normalized spacial score (nSPS) is 10.6. The molecule has 1 heterocycles.